The van der Waals surface area contributed by atoms with Gasteiger partial charge in [0.05, 0.1) is 12.2 Å². The highest BCUT2D eigenvalue weighted by molar-refractivity contribution is 14.0. The average Bonchev–Trinajstić information content (AvgIpc) is 3.46. The Morgan fingerprint density at radius 2 is 2.10 bits per heavy atom. The van der Waals surface area contributed by atoms with Crippen molar-refractivity contribution < 1.29 is 4.42 Å². The van der Waals surface area contributed by atoms with Crippen molar-refractivity contribution in [1.29, 1.82) is 0 Å². The fourth-order valence-electron chi connectivity index (χ4n) is 3.63. The molecule has 3 aromatic rings. The zero-order valence-corrected chi connectivity index (χ0v) is 20.8. The molecule has 2 aromatic heterocycles. The number of aromatic nitrogens is 1. The Morgan fingerprint density at radius 1 is 1.30 bits per heavy atom. The maximum absolute atomic E-state index is 5.95. The lowest BCUT2D eigenvalue weighted by Gasteiger charge is -2.20. The number of furan rings is 1. The fourth-order valence-corrected chi connectivity index (χ4v) is 4.55. The molecule has 162 valence electrons. The van der Waals surface area contributed by atoms with Crippen LogP contribution in [0.1, 0.15) is 31.2 Å². The smallest absolute Gasteiger partial charge is 0.194 e. The fraction of sp³-hybridized carbons (Fsp3) is 0.455. The Kier molecular flexibility index (Phi) is 8.38. The largest absolute Gasteiger partial charge is 0.459 e. The van der Waals surface area contributed by atoms with Crippen LogP contribution in [-0.2, 0) is 13.0 Å². The molecule has 1 aromatic carbocycles. The highest BCUT2D eigenvalue weighted by Gasteiger charge is 2.15. The summed E-state index contributed by atoms with van der Waals surface area (Å²) in [4.78, 5) is 14.1. The van der Waals surface area contributed by atoms with Gasteiger partial charge in [0.25, 0.3) is 0 Å². The van der Waals surface area contributed by atoms with Crippen LogP contribution in [0, 0.1) is 0 Å². The zero-order chi connectivity index (χ0) is 20.1. The van der Waals surface area contributed by atoms with E-state index >= 15 is 0 Å². The van der Waals surface area contributed by atoms with Gasteiger partial charge in [-0.2, -0.15) is 0 Å². The third-order valence-corrected chi connectivity index (χ3v) is 6.06. The van der Waals surface area contributed by atoms with E-state index in [-0.39, 0.29) is 24.0 Å². The summed E-state index contributed by atoms with van der Waals surface area (Å²) in [6.07, 6.45) is 3.42. The Hall–Kier alpha value is -1.81. The summed E-state index contributed by atoms with van der Waals surface area (Å²) in [7, 11) is 2.04. The van der Waals surface area contributed by atoms with Gasteiger partial charge in [0.2, 0.25) is 0 Å². The van der Waals surface area contributed by atoms with Gasteiger partial charge >= 0.3 is 0 Å². The Balaban J connectivity index is 0.00000256. The molecular formula is C22H30IN5OS. The Bertz CT molecular complexity index is 930. The van der Waals surface area contributed by atoms with Crippen molar-refractivity contribution in [3.05, 3.63) is 47.2 Å². The van der Waals surface area contributed by atoms with E-state index < -0.39 is 0 Å². The summed E-state index contributed by atoms with van der Waals surface area (Å²) in [6.45, 7) is 6.60. The highest BCUT2D eigenvalue weighted by Crippen LogP contribution is 2.24. The van der Waals surface area contributed by atoms with Crippen LogP contribution < -0.4 is 10.2 Å². The van der Waals surface area contributed by atoms with Crippen LogP contribution in [0.25, 0.3) is 11.0 Å². The molecule has 0 spiro atoms. The van der Waals surface area contributed by atoms with Crippen LogP contribution in [0.3, 0.4) is 0 Å². The van der Waals surface area contributed by atoms with Gasteiger partial charge in [-0.1, -0.05) is 18.2 Å². The number of nitrogens with zero attached hydrogens (tertiary/aromatic N) is 4. The number of guanidine groups is 1. The minimum Gasteiger partial charge on any atom is -0.459 e. The lowest BCUT2D eigenvalue weighted by Crippen LogP contribution is -2.38. The number of anilines is 1. The van der Waals surface area contributed by atoms with Crippen molar-refractivity contribution in [2.75, 3.05) is 38.1 Å². The van der Waals surface area contributed by atoms with Gasteiger partial charge in [0.15, 0.2) is 11.1 Å². The molecule has 1 saturated heterocycles. The molecule has 3 heterocycles. The first-order chi connectivity index (χ1) is 14.2. The molecule has 30 heavy (non-hydrogen) atoms. The van der Waals surface area contributed by atoms with Crippen LogP contribution in [0.15, 0.2) is 45.1 Å². The van der Waals surface area contributed by atoms with Gasteiger partial charge in [-0.25, -0.2) is 4.98 Å². The van der Waals surface area contributed by atoms with E-state index in [2.05, 4.69) is 39.6 Å². The second-order valence-electron chi connectivity index (χ2n) is 7.41. The van der Waals surface area contributed by atoms with E-state index in [0.717, 1.165) is 66.1 Å². The molecule has 1 aliphatic rings. The summed E-state index contributed by atoms with van der Waals surface area (Å²) in [5.41, 5.74) is 2.06. The number of fused-ring (bicyclic) bond motifs is 1. The minimum atomic E-state index is 0. The van der Waals surface area contributed by atoms with Crippen molar-refractivity contribution in [1.82, 2.24) is 15.2 Å². The molecule has 0 saturated carbocycles. The van der Waals surface area contributed by atoms with Crippen molar-refractivity contribution in [3.63, 3.8) is 0 Å². The monoisotopic (exact) mass is 539 g/mol. The van der Waals surface area contributed by atoms with E-state index in [0.29, 0.717) is 6.54 Å². The molecule has 8 heteroatoms. The van der Waals surface area contributed by atoms with Gasteiger partial charge in [0.1, 0.15) is 11.3 Å². The highest BCUT2D eigenvalue weighted by atomic mass is 127. The van der Waals surface area contributed by atoms with Gasteiger partial charge in [0, 0.05) is 50.4 Å². The molecule has 0 radical (unpaired) electrons. The number of aliphatic imine (C=N–C) groups is 1. The standard InChI is InChI=1S/C22H29N5OS.HI/c1-3-23-21(26(2)15-19-14-17-8-4-5-9-20(17)28-19)24-11-10-18-16-29-22(25-18)27-12-6-7-13-27;/h4-5,8-9,14,16H,3,6-7,10-13,15H2,1-2H3,(H,23,24);1H. The quantitative estimate of drug-likeness (QED) is 0.267. The molecule has 6 nitrogen and oxygen atoms in total. The van der Waals surface area contributed by atoms with Crippen LogP contribution in [0.5, 0.6) is 0 Å². The molecule has 0 bridgehead atoms. The molecular weight excluding hydrogens is 509 g/mol. The Labute approximate surface area is 199 Å². The summed E-state index contributed by atoms with van der Waals surface area (Å²) in [6, 6.07) is 10.2. The topological polar surface area (TPSA) is 56.9 Å². The predicted molar refractivity (Wildman–Crippen MR) is 136 cm³/mol. The second-order valence-corrected chi connectivity index (χ2v) is 8.24. The third kappa shape index (κ3) is 5.66. The molecule has 1 N–H and O–H groups in total. The predicted octanol–water partition coefficient (Wildman–Crippen LogP) is 4.75. The number of rotatable bonds is 7. The lowest BCUT2D eigenvalue weighted by atomic mass is 10.2. The van der Waals surface area contributed by atoms with Crippen molar-refractivity contribution in [2.24, 2.45) is 4.99 Å². The average molecular weight is 539 g/mol. The van der Waals surface area contributed by atoms with E-state index in [1.807, 2.05) is 25.2 Å². The van der Waals surface area contributed by atoms with Gasteiger partial charge in [-0.15, -0.1) is 35.3 Å². The number of halogens is 1. The van der Waals surface area contributed by atoms with Gasteiger partial charge in [-0.3, -0.25) is 4.99 Å². The Morgan fingerprint density at radius 3 is 2.87 bits per heavy atom. The summed E-state index contributed by atoms with van der Waals surface area (Å²) >= 11 is 1.75. The number of para-hydroxylation sites is 1. The molecule has 0 atom stereocenters. The van der Waals surface area contributed by atoms with Gasteiger partial charge < -0.3 is 19.5 Å². The van der Waals surface area contributed by atoms with Crippen LogP contribution >= 0.6 is 35.3 Å². The number of nitrogens with one attached hydrogen (secondary N) is 1. The molecule has 1 fully saturated rings. The zero-order valence-electron chi connectivity index (χ0n) is 17.6. The first kappa shape index (κ1) is 22.9. The maximum Gasteiger partial charge on any atom is 0.194 e. The van der Waals surface area contributed by atoms with Crippen molar-refractivity contribution in [2.45, 2.75) is 32.7 Å². The van der Waals surface area contributed by atoms with Crippen LogP contribution in [0.4, 0.5) is 5.13 Å². The second kappa shape index (κ2) is 11.0. The normalized spacial score (nSPS) is 14.2. The molecule has 4 rings (SSSR count). The summed E-state index contributed by atoms with van der Waals surface area (Å²) in [5, 5.41) is 7.85. The van der Waals surface area contributed by atoms with Crippen LogP contribution in [0.2, 0.25) is 0 Å². The molecule has 0 amide bonds. The van der Waals surface area contributed by atoms with E-state index in [1.54, 1.807) is 11.3 Å². The van der Waals surface area contributed by atoms with Gasteiger partial charge in [-0.05, 0) is 31.9 Å². The number of benzene rings is 1. The summed E-state index contributed by atoms with van der Waals surface area (Å²) < 4.78 is 5.95. The first-order valence-corrected chi connectivity index (χ1v) is 11.3. The number of hydrogen-bond donors (Lipinski definition) is 1. The van der Waals surface area contributed by atoms with E-state index in [1.165, 1.54) is 12.8 Å². The lowest BCUT2D eigenvalue weighted by molar-refractivity contribution is 0.412. The van der Waals surface area contributed by atoms with Crippen molar-refractivity contribution >= 4 is 57.4 Å². The number of hydrogen-bond acceptors (Lipinski definition) is 5. The summed E-state index contributed by atoms with van der Waals surface area (Å²) in [5.74, 6) is 1.83. The van der Waals surface area contributed by atoms with Crippen molar-refractivity contribution in [3.8, 4) is 0 Å². The van der Waals surface area contributed by atoms with E-state index in [9.17, 15) is 0 Å². The minimum absolute atomic E-state index is 0. The first-order valence-electron chi connectivity index (χ1n) is 10.4. The van der Waals surface area contributed by atoms with Crippen LogP contribution in [-0.4, -0.2) is 49.1 Å². The van der Waals surface area contributed by atoms with E-state index in [4.69, 9.17) is 14.4 Å². The SMILES string of the molecule is CCNC(=NCCc1csc(N2CCCC2)n1)N(C)Cc1cc2ccccc2o1.I. The molecule has 1 aliphatic heterocycles. The molecule has 0 aliphatic carbocycles. The molecule has 0 unspecified atom stereocenters. The number of thiazole rings is 1. The third-order valence-electron chi connectivity index (χ3n) is 5.11. The maximum atomic E-state index is 5.95.